The smallest absolute Gasteiger partial charge is 0.150 e. The van der Waals surface area contributed by atoms with Crippen molar-refractivity contribution in [1.29, 1.82) is 0 Å². The molecule has 1 saturated carbocycles. The van der Waals surface area contributed by atoms with Gasteiger partial charge < -0.3 is 5.73 Å². The molecule has 1 heterocycles. The molecule has 4 nitrogen and oxygen atoms in total. The lowest BCUT2D eigenvalue weighted by molar-refractivity contribution is 0.0246. The third-order valence-corrected chi connectivity index (χ3v) is 5.49. The van der Waals surface area contributed by atoms with Crippen molar-refractivity contribution >= 4 is 9.84 Å². The molecule has 1 aliphatic carbocycles. The Balaban J connectivity index is 1.93. The highest BCUT2D eigenvalue weighted by molar-refractivity contribution is 7.91. The number of hydrogen-bond donors (Lipinski definition) is 1. The molecule has 2 fully saturated rings. The van der Waals surface area contributed by atoms with Crippen molar-refractivity contribution in [3.05, 3.63) is 0 Å². The largest absolute Gasteiger partial charge is 0.323 e. The van der Waals surface area contributed by atoms with E-state index in [1.165, 1.54) is 6.26 Å². The van der Waals surface area contributed by atoms with Crippen LogP contribution in [0.5, 0.6) is 0 Å². The maximum atomic E-state index is 11.5. The number of rotatable bonds is 2. The Morgan fingerprint density at radius 3 is 2.44 bits per heavy atom. The molecule has 2 atom stereocenters. The first kappa shape index (κ1) is 12.3. The number of sulfone groups is 1. The number of nitrogens with two attached hydrogens (primary N) is 1. The quantitative estimate of drug-likeness (QED) is 0.765. The van der Waals surface area contributed by atoms with Crippen LogP contribution in [0.3, 0.4) is 0 Å². The molecular formula is C11H22N2O2S. The van der Waals surface area contributed by atoms with Gasteiger partial charge >= 0.3 is 0 Å². The summed E-state index contributed by atoms with van der Waals surface area (Å²) in [6.07, 6.45) is 5.16. The van der Waals surface area contributed by atoms with Gasteiger partial charge in [0.25, 0.3) is 0 Å². The monoisotopic (exact) mass is 246 g/mol. The van der Waals surface area contributed by atoms with Gasteiger partial charge in [-0.3, -0.25) is 4.90 Å². The van der Waals surface area contributed by atoms with Crippen molar-refractivity contribution in [2.75, 3.05) is 19.3 Å². The predicted molar refractivity (Wildman–Crippen MR) is 65.1 cm³/mol. The molecule has 1 saturated heterocycles. The highest BCUT2D eigenvalue weighted by Gasteiger charge is 2.41. The van der Waals surface area contributed by atoms with Crippen LogP contribution in [0, 0.1) is 0 Å². The fourth-order valence-corrected chi connectivity index (χ4v) is 4.15. The predicted octanol–water partition coefficient (Wildman–Crippen LogP) is 0.375. The molecule has 2 aliphatic rings. The molecule has 2 rings (SSSR count). The molecule has 0 amide bonds. The maximum absolute atomic E-state index is 11.5. The SMILES string of the molecule is CC1(N)CN(C2CCCC(S(C)(=O)=O)C2)C1. The minimum Gasteiger partial charge on any atom is -0.323 e. The van der Waals surface area contributed by atoms with Gasteiger partial charge in [-0.05, 0) is 26.2 Å². The Bertz CT molecular complexity index is 356. The van der Waals surface area contributed by atoms with Crippen molar-refractivity contribution in [3.8, 4) is 0 Å². The molecule has 0 aromatic rings. The molecule has 94 valence electrons. The van der Waals surface area contributed by atoms with Crippen LogP contribution in [0.2, 0.25) is 0 Å². The molecule has 16 heavy (non-hydrogen) atoms. The summed E-state index contributed by atoms with van der Waals surface area (Å²) in [5.74, 6) is 0. The van der Waals surface area contributed by atoms with Crippen LogP contribution < -0.4 is 5.73 Å². The Morgan fingerprint density at radius 1 is 1.31 bits per heavy atom. The Kier molecular flexibility index (Phi) is 3.05. The molecule has 2 N–H and O–H groups in total. The third-order valence-electron chi connectivity index (χ3n) is 3.85. The summed E-state index contributed by atoms with van der Waals surface area (Å²) in [6.45, 7) is 3.88. The summed E-state index contributed by atoms with van der Waals surface area (Å²) in [5.41, 5.74) is 5.92. The van der Waals surface area contributed by atoms with Crippen LogP contribution in [0.25, 0.3) is 0 Å². The van der Waals surface area contributed by atoms with Crippen LogP contribution >= 0.6 is 0 Å². The van der Waals surface area contributed by atoms with Crippen molar-refractivity contribution in [3.63, 3.8) is 0 Å². The summed E-state index contributed by atoms with van der Waals surface area (Å²) in [5, 5.41) is -0.129. The van der Waals surface area contributed by atoms with E-state index < -0.39 is 9.84 Å². The third kappa shape index (κ3) is 2.57. The van der Waals surface area contributed by atoms with Crippen LogP contribution in [0.4, 0.5) is 0 Å². The molecule has 5 heteroatoms. The van der Waals surface area contributed by atoms with E-state index in [1.807, 2.05) is 0 Å². The number of likely N-dealkylation sites (tertiary alicyclic amines) is 1. The van der Waals surface area contributed by atoms with E-state index in [2.05, 4.69) is 11.8 Å². The van der Waals surface area contributed by atoms with Gasteiger partial charge in [0.15, 0.2) is 0 Å². The lowest BCUT2D eigenvalue weighted by atomic mass is 9.86. The van der Waals surface area contributed by atoms with Crippen LogP contribution in [0.15, 0.2) is 0 Å². The molecule has 0 aromatic heterocycles. The van der Waals surface area contributed by atoms with Gasteiger partial charge in [0, 0.05) is 30.9 Å². The normalized spacial score (nSPS) is 35.7. The first-order valence-corrected chi connectivity index (χ1v) is 7.95. The highest BCUT2D eigenvalue weighted by Crippen LogP contribution is 2.31. The summed E-state index contributed by atoms with van der Waals surface area (Å²) in [6, 6.07) is 0.435. The van der Waals surface area contributed by atoms with E-state index in [-0.39, 0.29) is 10.8 Å². The fourth-order valence-electron chi connectivity index (χ4n) is 2.98. The number of hydrogen-bond acceptors (Lipinski definition) is 4. The van der Waals surface area contributed by atoms with Crippen molar-refractivity contribution in [1.82, 2.24) is 4.90 Å². The summed E-state index contributed by atoms with van der Waals surface area (Å²) in [4.78, 5) is 2.34. The first-order valence-electron chi connectivity index (χ1n) is 6.00. The minimum atomic E-state index is -2.86. The molecular weight excluding hydrogens is 224 g/mol. The van der Waals surface area contributed by atoms with E-state index >= 15 is 0 Å². The molecule has 2 unspecified atom stereocenters. The Labute approximate surface area is 98.1 Å². The van der Waals surface area contributed by atoms with Crippen LogP contribution in [0.1, 0.15) is 32.6 Å². The van der Waals surface area contributed by atoms with E-state index in [0.717, 1.165) is 38.8 Å². The standard InChI is InChI=1S/C11H22N2O2S/c1-11(12)7-13(8-11)9-4-3-5-10(6-9)16(2,14)15/h9-10H,3-8,12H2,1-2H3. The molecule has 0 aromatic carbocycles. The van der Waals surface area contributed by atoms with Gasteiger partial charge in [-0.1, -0.05) is 6.42 Å². The lowest BCUT2D eigenvalue weighted by Crippen LogP contribution is -2.68. The molecule has 0 spiro atoms. The van der Waals surface area contributed by atoms with E-state index in [1.54, 1.807) is 0 Å². The minimum absolute atomic E-state index is 0.0575. The second kappa shape index (κ2) is 3.96. The van der Waals surface area contributed by atoms with E-state index in [9.17, 15) is 8.42 Å². The average Bonchev–Trinajstić information content (AvgIpc) is 2.13. The van der Waals surface area contributed by atoms with Crippen molar-refractivity contribution < 1.29 is 8.42 Å². The first-order chi connectivity index (χ1) is 7.28. The second-order valence-electron chi connectivity index (χ2n) is 5.83. The zero-order valence-corrected chi connectivity index (χ0v) is 11.0. The van der Waals surface area contributed by atoms with Gasteiger partial charge in [-0.2, -0.15) is 0 Å². The lowest BCUT2D eigenvalue weighted by Gasteiger charge is -2.51. The van der Waals surface area contributed by atoms with Gasteiger partial charge in [0.05, 0.1) is 5.25 Å². The maximum Gasteiger partial charge on any atom is 0.150 e. The van der Waals surface area contributed by atoms with E-state index in [4.69, 9.17) is 5.73 Å². The van der Waals surface area contributed by atoms with Gasteiger partial charge in [-0.25, -0.2) is 8.42 Å². The van der Waals surface area contributed by atoms with Crippen molar-refractivity contribution in [2.45, 2.75) is 49.4 Å². The summed E-state index contributed by atoms with van der Waals surface area (Å²) >= 11 is 0. The topological polar surface area (TPSA) is 63.4 Å². The van der Waals surface area contributed by atoms with Gasteiger partial charge in [0.2, 0.25) is 0 Å². The van der Waals surface area contributed by atoms with Gasteiger partial charge in [0.1, 0.15) is 9.84 Å². The molecule has 0 radical (unpaired) electrons. The Hall–Kier alpha value is -0.130. The van der Waals surface area contributed by atoms with Crippen LogP contribution in [-0.2, 0) is 9.84 Å². The van der Waals surface area contributed by atoms with Crippen molar-refractivity contribution in [2.24, 2.45) is 5.73 Å². The molecule has 0 bridgehead atoms. The zero-order valence-electron chi connectivity index (χ0n) is 10.1. The Morgan fingerprint density at radius 2 is 1.94 bits per heavy atom. The second-order valence-corrected chi connectivity index (χ2v) is 8.16. The van der Waals surface area contributed by atoms with Crippen LogP contribution in [-0.4, -0.2) is 49.5 Å². The fraction of sp³-hybridized carbons (Fsp3) is 1.00. The van der Waals surface area contributed by atoms with Gasteiger partial charge in [-0.15, -0.1) is 0 Å². The average molecular weight is 246 g/mol. The highest BCUT2D eigenvalue weighted by atomic mass is 32.2. The summed E-state index contributed by atoms with van der Waals surface area (Å²) < 4.78 is 23.1. The number of nitrogens with zero attached hydrogens (tertiary/aromatic N) is 1. The summed E-state index contributed by atoms with van der Waals surface area (Å²) in [7, 11) is -2.86. The molecule has 1 aliphatic heterocycles. The van der Waals surface area contributed by atoms with E-state index in [0.29, 0.717) is 6.04 Å². The zero-order chi connectivity index (χ0) is 12.0.